The molecule has 2 nitrogen and oxygen atoms in total. The molecule has 0 aliphatic carbocycles. The summed E-state index contributed by atoms with van der Waals surface area (Å²) in [6, 6.07) is 12.0. The first-order valence-corrected chi connectivity index (χ1v) is 5.30. The number of anilines is 2. The van der Waals surface area contributed by atoms with Gasteiger partial charge >= 0.3 is 0 Å². The zero-order valence-electron chi connectivity index (χ0n) is 9.62. The van der Waals surface area contributed by atoms with Crippen LogP contribution in [-0.2, 0) is 0 Å². The molecule has 0 aromatic heterocycles. The lowest BCUT2D eigenvalue weighted by Crippen LogP contribution is -1.91. The van der Waals surface area contributed by atoms with E-state index in [1.807, 2.05) is 37.3 Å². The van der Waals surface area contributed by atoms with Gasteiger partial charge in [0.25, 0.3) is 0 Å². The van der Waals surface area contributed by atoms with E-state index in [-0.39, 0.29) is 0 Å². The maximum Gasteiger partial charge on any atom is 0.0322 e. The molecule has 82 valence electrons. The molecule has 16 heavy (non-hydrogen) atoms. The van der Waals surface area contributed by atoms with Gasteiger partial charge in [-0.15, -0.1) is 0 Å². The average molecular weight is 212 g/mol. The van der Waals surface area contributed by atoms with Crippen LogP contribution in [0.15, 0.2) is 36.4 Å². The Morgan fingerprint density at radius 2 is 1.56 bits per heavy atom. The van der Waals surface area contributed by atoms with Gasteiger partial charge in [0.15, 0.2) is 0 Å². The van der Waals surface area contributed by atoms with Gasteiger partial charge in [-0.2, -0.15) is 0 Å². The Balaban J connectivity index is 2.58. The third kappa shape index (κ3) is 2.01. The van der Waals surface area contributed by atoms with Gasteiger partial charge in [-0.1, -0.05) is 12.1 Å². The van der Waals surface area contributed by atoms with E-state index < -0.39 is 0 Å². The number of benzene rings is 2. The molecule has 0 atom stereocenters. The predicted molar refractivity (Wildman–Crippen MR) is 70.2 cm³/mol. The summed E-state index contributed by atoms with van der Waals surface area (Å²) in [7, 11) is 0. The smallest absolute Gasteiger partial charge is 0.0322 e. The maximum absolute atomic E-state index is 5.85. The molecule has 0 spiro atoms. The van der Waals surface area contributed by atoms with Crippen molar-refractivity contribution in [1.82, 2.24) is 0 Å². The molecule has 0 heterocycles. The summed E-state index contributed by atoms with van der Waals surface area (Å²) in [4.78, 5) is 0. The highest BCUT2D eigenvalue weighted by Crippen LogP contribution is 2.27. The highest BCUT2D eigenvalue weighted by atomic mass is 14.5. The summed E-state index contributed by atoms with van der Waals surface area (Å²) in [5.74, 6) is 0. The molecular weight excluding hydrogens is 196 g/mol. The van der Waals surface area contributed by atoms with Crippen LogP contribution in [0.2, 0.25) is 0 Å². The normalized spacial score (nSPS) is 10.4. The Kier molecular flexibility index (Phi) is 2.57. The number of hydrogen-bond donors (Lipinski definition) is 2. The molecule has 0 fully saturated rings. The standard InChI is InChI=1S/C14H16N2/c1-9-5-11(8-13(16)6-9)14-4-3-12(15)7-10(14)2/h3-8H,15-16H2,1-2H3. The van der Waals surface area contributed by atoms with Crippen LogP contribution in [0.5, 0.6) is 0 Å². The lowest BCUT2D eigenvalue weighted by Gasteiger charge is -2.09. The van der Waals surface area contributed by atoms with E-state index in [9.17, 15) is 0 Å². The van der Waals surface area contributed by atoms with E-state index in [1.54, 1.807) is 0 Å². The van der Waals surface area contributed by atoms with Crippen molar-refractivity contribution in [3.8, 4) is 11.1 Å². The molecule has 0 radical (unpaired) electrons. The third-order valence-electron chi connectivity index (χ3n) is 2.66. The van der Waals surface area contributed by atoms with Crippen molar-refractivity contribution in [1.29, 1.82) is 0 Å². The van der Waals surface area contributed by atoms with Gasteiger partial charge in [0.1, 0.15) is 0 Å². The van der Waals surface area contributed by atoms with Gasteiger partial charge in [-0.05, 0) is 60.4 Å². The van der Waals surface area contributed by atoms with Gasteiger partial charge in [0, 0.05) is 11.4 Å². The molecule has 0 bridgehead atoms. The van der Waals surface area contributed by atoms with Crippen LogP contribution in [0, 0.1) is 13.8 Å². The monoisotopic (exact) mass is 212 g/mol. The Hall–Kier alpha value is -1.96. The van der Waals surface area contributed by atoms with Gasteiger partial charge in [-0.3, -0.25) is 0 Å². The van der Waals surface area contributed by atoms with E-state index in [0.717, 1.165) is 16.9 Å². The van der Waals surface area contributed by atoms with Gasteiger partial charge in [0.2, 0.25) is 0 Å². The maximum atomic E-state index is 5.85. The SMILES string of the molecule is Cc1cc(N)cc(-c2ccc(N)cc2C)c1. The summed E-state index contributed by atoms with van der Waals surface area (Å²) in [5.41, 5.74) is 17.9. The minimum Gasteiger partial charge on any atom is -0.399 e. The second kappa shape index (κ2) is 3.89. The van der Waals surface area contributed by atoms with Crippen molar-refractivity contribution in [2.24, 2.45) is 0 Å². The van der Waals surface area contributed by atoms with Gasteiger partial charge < -0.3 is 11.5 Å². The first-order valence-electron chi connectivity index (χ1n) is 5.30. The lowest BCUT2D eigenvalue weighted by atomic mass is 9.98. The zero-order chi connectivity index (χ0) is 11.7. The molecule has 0 aliphatic heterocycles. The molecule has 0 unspecified atom stereocenters. The second-order valence-electron chi connectivity index (χ2n) is 4.21. The minimum absolute atomic E-state index is 0.793. The first kappa shape index (κ1) is 10.6. The van der Waals surface area contributed by atoms with Gasteiger partial charge in [-0.25, -0.2) is 0 Å². The summed E-state index contributed by atoms with van der Waals surface area (Å²) >= 11 is 0. The topological polar surface area (TPSA) is 52.0 Å². The van der Waals surface area contributed by atoms with Crippen molar-refractivity contribution in [2.45, 2.75) is 13.8 Å². The Morgan fingerprint density at radius 3 is 2.19 bits per heavy atom. The molecule has 0 saturated heterocycles. The van der Waals surface area contributed by atoms with Crippen molar-refractivity contribution < 1.29 is 0 Å². The Labute approximate surface area is 95.9 Å². The molecule has 0 saturated carbocycles. The molecule has 2 aromatic rings. The number of rotatable bonds is 1. The lowest BCUT2D eigenvalue weighted by molar-refractivity contribution is 1.43. The van der Waals surface area contributed by atoms with Crippen molar-refractivity contribution in [3.63, 3.8) is 0 Å². The number of nitrogens with two attached hydrogens (primary N) is 2. The summed E-state index contributed by atoms with van der Waals surface area (Å²) < 4.78 is 0. The van der Waals surface area contributed by atoms with Crippen molar-refractivity contribution >= 4 is 11.4 Å². The fourth-order valence-corrected chi connectivity index (χ4v) is 1.98. The fourth-order valence-electron chi connectivity index (χ4n) is 1.98. The second-order valence-corrected chi connectivity index (χ2v) is 4.21. The van der Waals surface area contributed by atoms with E-state index in [2.05, 4.69) is 13.0 Å². The average Bonchev–Trinajstić information content (AvgIpc) is 2.15. The van der Waals surface area contributed by atoms with Crippen LogP contribution in [0.1, 0.15) is 11.1 Å². The van der Waals surface area contributed by atoms with Crippen LogP contribution < -0.4 is 11.5 Å². The van der Waals surface area contributed by atoms with Crippen molar-refractivity contribution in [2.75, 3.05) is 11.5 Å². The van der Waals surface area contributed by atoms with Crippen LogP contribution in [0.4, 0.5) is 11.4 Å². The van der Waals surface area contributed by atoms with E-state index in [1.165, 1.54) is 16.7 Å². The largest absolute Gasteiger partial charge is 0.399 e. The quantitative estimate of drug-likeness (QED) is 0.713. The zero-order valence-corrected chi connectivity index (χ0v) is 9.62. The van der Waals surface area contributed by atoms with Crippen molar-refractivity contribution in [3.05, 3.63) is 47.5 Å². The fraction of sp³-hybridized carbons (Fsp3) is 0.143. The highest BCUT2D eigenvalue weighted by Gasteiger charge is 2.03. The van der Waals surface area contributed by atoms with Crippen LogP contribution in [0.25, 0.3) is 11.1 Å². The predicted octanol–water partition coefficient (Wildman–Crippen LogP) is 3.13. The molecular formula is C14H16N2. The summed E-state index contributed by atoms with van der Waals surface area (Å²) in [6.45, 7) is 4.11. The molecule has 4 N–H and O–H groups in total. The summed E-state index contributed by atoms with van der Waals surface area (Å²) in [5, 5.41) is 0. The number of nitrogen functional groups attached to an aromatic ring is 2. The molecule has 2 heteroatoms. The van der Waals surface area contributed by atoms with Crippen LogP contribution in [0.3, 0.4) is 0 Å². The van der Waals surface area contributed by atoms with Crippen LogP contribution in [-0.4, -0.2) is 0 Å². The molecule has 2 aromatic carbocycles. The summed E-state index contributed by atoms with van der Waals surface area (Å²) in [6.07, 6.45) is 0. The molecule has 0 amide bonds. The molecule has 2 rings (SSSR count). The Morgan fingerprint density at radius 1 is 0.812 bits per heavy atom. The minimum atomic E-state index is 0.793. The Bertz CT molecular complexity index is 510. The van der Waals surface area contributed by atoms with E-state index in [4.69, 9.17) is 11.5 Å². The first-order chi connectivity index (χ1) is 7.56. The number of hydrogen-bond acceptors (Lipinski definition) is 2. The van der Waals surface area contributed by atoms with E-state index >= 15 is 0 Å². The molecule has 0 aliphatic rings. The number of aryl methyl sites for hydroxylation is 2. The van der Waals surface area contributed by atoms with Crippen LogP contribution >= 0.6 is 0 Å². The highest BCUT2D eigenvalue weighted by molar-refractivity contribution is 5.72. The van der Waals surface area contributed by atoms with E-state index in [0.29, 0.717) is 0 Å². The van der Waals surface area contributed by atoms with Gasteiger partial charge in [0.05, 0.1) is 0 Å². The third-order valence-corrected chi connectivity index (χ3v) is 2.66.